The Hall–Kier alpha value is -2.82. The Bertz CT molecular complexity index is 716. The summed E-state index contributed by atoms with van der Waals surface area (Å²) in [4.78, 5) is 25.8. The molecule has 0 spiro atoms. The van der Waals surface area contributed by atoms with Crippen LogP contribution in [0.15, 0.2) is 54.6 Å². The van der Waals surface area contributed by atoms with Crippen LogP contribution in [0.2, 0.25) is 0 Å². The van der Waals surface area contributed by atoms with E-state index in [0.29, 0.717) is 0 Å². The number of hydrogen-bond acceptors (Lipinski definition) is 4. The van der Waals surface area contributed by atoms with Crippen LogP contribution in [0.4, 0.5) is 5.69 Å². The molecule has 1 amide bonds. The van der Waals surface area contributed by atoms with Gasteiger partial charge >= 0.3 is 5.97 Å². The average Bonchev–Trinajstić information content (AvgIpc) is 3.02. The second-order valence-electron chi connectivity index (χ2n) is 5.72. The Labute approximate surface area is 141 Å². The first-order valence-corrected chi connectivity index (χ1v) is 8.01. The summed E-state index contributed by atoms with van der Waals surface area (Å²) in [6, 6.07) is 17.5. The van der Waals surface area contributed by atoms with Crippen LogP contribution >= 0.6 is 0 Å². The summed E-state index contributed by atoms with van der Waals surface area (Å²) in [6.07, 6.45) is 0.947. The summed E-state index contributed by atoms with van der Waals surface area (Å²) in [5, 5.41) is 2.62. The average molecular weight is 324 g/mol. The van der Waals surface area contributed by atoms with Gasteiger partial charge in [0.25, 0.3) is 0 Å². The lowest BCUT2D eigenvalue weighted by molar-refractivity contribution is -0.145. The number of nitrogens with one attached hydrogen (secondary N) is 1. The van der Waals surface area contributed by atoms with Crippen LogP contribution in [-0.2, 0) is 27.4 Å². The number of carbonyl (C=O) groups is 2. The monoisotopic (exact) mass is 324 g/mol. The molecule has 0 unspecified atom stereocenters. The van der Waals surface area contributed by atoms with E-state index in [-0.39, 0.29) is 25.6 Å². The van der Waals surface area contributed by atoms with Gasteiger partial charge in [0.15, 0.2) is 0 Å². The van der Waals surface area contributed by atoms with E-state index in [0.717, 1.165) is 24.2 Å². The fourth-order valence-corrected chi connectivity index (χ4v) is 2.76. The normalized spacial score (nSPS) is 12.6. The number of carbonyl (C=O) groups excluding carboxylic acids is 2. The molecule has 2 aromatic carbocycles. The molecule has 0 aromatic heterocycles. The molecule has 2 aromatic rings. The molecule has 3 rings (SSSR count). The van der Waals surface area contributed by atoms with Crippen LogP contribution in [-0.4, -0.2) is 31.5 Å². The SMILES string of the molecule is O=C(CN1CCc2ccccc21)NCC(=O)OCc1ccccc1. The third-order valence-electron chi connectivity index (χ3n) is 3.99. The van der Waals surface area contributed by atoms with Crippen LogP contribution < -0.4 is 10.2 Å². The standard InChI is InChI=1S/C19H20N2O3/c22-18(13-21-11-10-16-8-4-5-9-17(16)21)20-12-19(23)24-14-15-6-2-1-3-7-15/h1-9H,10-14H2,(H,20,22). The maximum Gasteiger partial charge on any atom is 0.325 e. The molecule has 0 radical (unpaired) electrons. The fourth-order valence-electron chi connectivity index (χ4n) is 2.76. The lowest BCUT2D eigenvalue weighted by atomic mass is 10.2. The molecule has 0 fully saturated rings. The summed E-state index contributed by atoms with van der Waals surface area (Å²) in [7, 11) is 0. The van der Waals surface area contributed by atoms with Crippen molar-refractivity contribution in [1.82, 2.24) is 5.32 Å². The van der Waals surface area contributed by atoms with E-state index in [1.807, 2.05) is 53.4 Å². The molecule has 124 valence electrons. The van der Waals surface area contributed by atoms with Crippen molar-refractivity contribution in [2.24, 2.45) is 0 Å². The van der Waals surface area contributed by atoms with E-state index < -0.39 is 5.97 Å². The van der Waals surface area contributed by atoms with Gasteiger partial charge in [-0.3, -0.25) is 9.59 Å². The molecule has 0 atom stereocenters. The van der Waals surface area contributed by atoms with Crippen molar-refractivity contribution < 1.29 is 14.3 Å². The Morgan fingerprint density at radius 1 is 1.04 bits per heavy atom. The predicted molar refractivity (Wildman–Crippen MR) is 91.6 cm³/mol. The number of nitrogens with zero attached hydrogens (tertiary/aromatic N) is 1. The molecule has 24 heavy (non-hydrogen) atoms. The molecule has 0 bridgehead atoms. The van der Waals surface area contributed by atoms with Gasteiger partial charge in [-0.15, -0.1) is 0 Å². The van der Waals surface area contributed by atoms with Gasteiger partial charge in [0.1, 0.15) is 13.2 Å². The summed E-state index contributed by atoms with van der Waals surface area (Å²) >= 11 is 0. The van der Waals surface area contributed by atoms with E-state index in [1.165, 1.54) is 5.56 Å². The van der Waals surface area contributed by atoms with Crippen molar-refractivity contribution in [3.05, 3.63) is 65.7 Å². The van der Waals surface area contributed by atoms with Gasteiger partial charge in [0.2, 0.25) is 5.91 Å². The number of benzene rings is 2. The molecule has 1 N–H and O–H groups in total. The Balaban J connectivity index is 1.40. The van der Waals surface area contributed by atoms with Crippen molar-refractivity contribution >= 4 is 17.6 Å². The zero-order valence-electron chi connectivity index (χ0n) is 13.4. The Morgan fingerprint density at radius 3 is 2.62 bits per heavy atom. The van der Waals surface area contributed by atoms with E-state index in [1.54, 1.807) is 0 Å². The highest BCUT2D eigenvalue weighted by Gasteiger charge is 2.20. The maximum absolute atomic E-state index is 12.0. The highest BCUT2D eigenvalue weighted by Crippen LogP contribution is 2.26. The lowest BCUT2D eigenvalue weighted by Gasteiger charge is -2.18. The van der Waals surface area contributed by atoms with Gasteiger partial charge in [-0.2, -0.15) is 0 Å². The first kappa shape index (κ1) is 16.1. The Kier molecular flexibility index (Phi) is 5.11. The highest BCUT2D eigenvalue weighted by atomic mass is 16.5. The van der Waals surface area contributed by atoms with Crippen LogP contribution in [0.1, 0.15) is 11.1 Å². The van der Waals surface area contributed by atoms with Crippen molar-refractivity contribution in [1.29, 1.82) is 0 Å². The smallest absolute Gasteiger partial charge is 0.325 e. The number of esters is 1. The van der Waals surface area contributed by atoms with Crippen molar-refractivity contribution in [2.75, 3.05) is 24.5 Å². The second kappa shape index (κ2) is 7.64. The molecule has 0 saturated heterocycles. The number of ether oxygens (including phenoxy) is 1. The van der Waals surface area contributed by atoms with E-state index in [4.69, 9.17) is 4.74 Å². The Morgan fingerprint density at radius 2 is 1.79 bits per heavy atom. The lowest BCUT2D eigenvalue weighted by Crippen LogP contribution is -2.39. The van der Waals surface area contributed by atoms with Crippen LogP contribution in [0, 0.1) is 0 Å². The first-order valence-electron chi connectivity index (χ1n) is 8.01. The van der Waals surface area contributed by atoms with Crippen LogP contribution in [0.25, 0.3) is 0 Å². The second-order valence-corrected chi connectivity index (χ2v) is 5.72. The van der Waals surface area contributed by atoms with Crippen LogP contribution in [0.5, 0.6) is 0 Å². The van der Waals surface area contributed by atoms with E-state index >= 15 is 0 Å². The van der Waals surface area contributed by atoms with Gasteiger partial charge in [-0.25, -0.2) is 0 Å². The minimum atomic E-state index is -0.436. The van der Waals surface area contributed by atoms with Gasteiger partial charge in [0, 0.05) is 12.2 Å². The third-order valence-corrected chi connectivity index (χ3v) is 3.99. The predicted octanol–water partition coefficient (Wildman–Crippen LogP) is 1.91. The van der Waals surface area contributed by atoms with Gasteiger partial charge in [-0.1, -0.05) is 48.5 Å². The highest BCUT2D eigenvalue weighted by molar-refractivity contribution is 5.85. The topological polar surface area (TPSA) is 58.6 Å². The molecule has 1 heterocycles. The summed E-state index contributed by atoms with van der Waals surface area (Å²) in [5.41, 5.74) is 3.28. The van der Waals surface area contributed by atoms with Gasteiger partial charge < -0.3 is 15.0 Å². The molecular weight excluding hydrogens is 304 g/mol. The molecular formula is C19H20N2O3. The minimum Gasteiger partial charge on any atom is -0.460 e. The van der Waals surface area contributed by atoms with E-state index in [2.05, 4.69) is 11.4 Å². The number of fused-ring (bicyclic) bond motifs is 1. The molecule has 1 aliphatic heterocycles. The van der Waals surface area contributed by atoms with Crippen LogP contribution in [0.3, 0.4) is 0 Å². The number of rotatable bonds is 6. The van der Waals surface area contributed by atoms with Gasteiger partial charge in [-0.05, 0) is 23.6 Å². The molecule has 5 heteroatoms. The summed E-state index contributed by atoms with van der Waals surface area (Å²) in [5.74, 6) is -0.614. The largest absolute Gasteiger partial charge is 0.460 e. The number of hydrogen-bond donors (Lipinski definition) is 1. The third kappa shape index (κ3) is 4.13. The molecule has 0 aliphatic carbocycles. The number of amides is 1. The fraction of sp³-hybridized carbons (Fsp3) is 0.263. The van der Waals surface area contributed by atoms with Crippen molar-refractivity contribution in [3.63, 3.8) is 0 Å². The maximum atomic E-state index is 12.0. The van der Waals surface area contributed by atoms with Gasteiger partial charge in [0.05, 0.1) is 6.54 Å². The van der Waals surface area contributed by atoms with Crippen molar-refractivity contribution in [2.45, 2.75) is 13.0 Å². The quantitative estimate of drug-likeness (QED) is 0.825. The zero-order chi connectivity index (χ0) is 16.8. The molecule has 0 saturated carbocycles. The molecule has 1 aliphatic rings. The van der Waals surface area contributed by atoms with Crippen molar-refractivity contribution in [3.8, 4) is 0 Å². The summed E-state index contributed by atoms with van der Waals surface area (Å²) < 4.78 is 5.14. The number of para-hydroxylation sites is 1. The zero-order valence-corrected chi connectivity index (χ0v) is 13.4. The number of anilines is 1. The minimum absolute atomic E-state index is 0.110. The van der Waals surface area contributed by atoms with E-state index in [9.17, 15) is 9.59 Å². The summed E-state index contributed by atoms with van der Waals surface area (Å²) in [6.45, 7) is 1.18. The first-order chi connectivity index (χ1) is 11.7. The molecule has 5 nitrogen and oxygen atoms in total.